The Hall–Kier alpha value is -1.85. The molecule has 1 aromatic rings. The molecule has 1 saturated heterocycles. The molecule has 2 aliphatic heterocycles. The van der Waals surface area contributed by atoms with E-state index in [-0.39, 0.29) is 12.5 Å². The lowest BCUT2D eigenvalue weighted by atomic mass is 10.1. The summed E-state index contributed by atoms with van der Waals surface area (Å²) in [6.07, 6.45) is 7.41. The van der Waals surface area contributed by atoms with E-state index in [2.05, 4.69) is 16.3 Å². The summed E-state index contributed by atoms with van der Waals surface area (Å²) in [6.45, 7) is 3.75. The van der Waals surface area contributed by atoms with Crippen LogP contribution in [0.3, 0.4) is 0 Å². The maximum Gasteiger partial charge on any atom is 0.244 e. The van der Waals surface area contributed by atoms with E-state index in [0.717, 1.165) is 37.4 Å². The molecule has 0 spiro atoms. The molecule has 0 saturated carbocycles. The summed E-state index contributed by atoms with van der Waals surface area (Å²) < 4.78 is 5.47. The van der Waals surface area contributed by atoms with Gasteiger partial charge in [-0.15, -0.1) is 0 Å². The minimum absolute atomic E-state index is 0.176. The number of rotatable bonds is 6. The molecule has 130 valence electrons. The molecule has 1 atom stereocenters. The molecule has 0 radical (unpaired) electrons. The molecule has 2 heterocycles. The number of β-amino-alcohol motifs (C(OH)–C–C–N with tert-alkyl or cyclic N) is 1. The molecular weight excluding hydrogens is 304 g/mol. The maximum absolute atomic E-state index is 11.9. The Labute approximate surface area is 143 Å². The first-order valence-electron chi connectivity index (χ1n) is 8.83. The molecule has 2 N–H and O–H groups in total. The first-order valence-corrected chi connectivity index (χ1v) is 8.83. The number of hydrogen-bond donors (Lipinski definition) is 2. The van der Waals surface area contributed by atoms with Crippen molar-refractivity contribution >= 4 is 12.0 Å². The molecule has 0 aliphatic carbocycles. The molecule has 0 aromatic heterocycles. The van der Waals surface area contributed by atoms with Crippen molar-refractivity contribution in [1.29, 1.82) is 0 Å². The van der Waals surface area contributed by atoms with Crippen molar-refractivity contribution < 1.29 is 14.6 Å². The average Bonchev–Trinajstić information content (AvgIpc) is 3.07. The molecular formula is C19H26N2O3. The number of hydrogen-bond acceptors (Lipinski definition) is 4. The minimum Gasteiger partial charge on any atom is -0.493 e. The van der Waals surface area contributed by atoms with Crippen LogP contribution in [0.1, 0.15) is 30.4 Å². The molecule has 0 bridgehead atoms. The van der Waals surface area contributed by atoms with Crippen LogP contribution in [0.5, 0.6) is 5.75 Å². The lowest BCUT2D eigenvalue weighted by Crippen LogP contribution is -2.41. The number of nitrogens with one attached hydrogen (secondary N) is 1. The van der Waals surface area contributed by atoms with Gasteiger partial charge in [-0.3, -0.25) is 4.79 Å². The molecule has 0 unspecified atom stereocenters. The Balaban J connectivity index is 1.41. The topological polar surface area (TPSA) is 61.8 Å². The zero-order chi connectivity index (χ0) is 16.8. The van der Waals surface area contributed by atoms with Crippen molar-refractivity contribution in [3.8, 4) is 5.75 Å². The van der Waals surface area contributed by atoms with Crippen molar-refractivity contribution in [2.75, 3.05) is 32.8 Å². The third-order valence-corrected chi connectivity index (χ3v) is 4.57. The lowest BCUT2D eigenvalue weighted by Gasteiger charge is -2.28. The lowest BCUT2D eigenvalue weighted by molar-refractivity contribution is -0.116. The smallest absolute Gasteiger partial charge is 0.244 e. The van der Waals surface area contributed by atoms with Crippen LogP contribution in [0.25, 0.3) is 6.08 Å². The third kappa shape index (κ3) is 4.82. The SMILES string of the molecule is O=C(/C=C/c1ccc2c(c1)CCO2)NC[C@@H](O)CN1CCCCC1. The normalized spacial score (nSPS) is 19.0. The van der Waals surface area contributed by atoms with Crippen molar-refractivity contribution in [2.24, 2.45) is 0 Å². The van der Waals surface area contributed by atoms with E-state index >= 15 is 0 Å². The van der Waals surface area contributed by atoms with E-state index in [4.69, 9.17) is 4.74 Å². The quantitative estimate of drug-likeness (QED) is 0.778. The van der Waals surface area contributed by atoms with Gasteiger partial charge >= 0.3 is 0 Å². The van der Waals surface area contributed by atoms with Crippen LogP contribution >= 0.6 is 0 Å². The number of carbonyl (C=O) groups excluding carboxylic acids is 1. The molecule has 2 aliphatic rings. The van der Waals surface area contributed by atoms with E-state index in [1.165, 1.54) is 30.9 Å². The van der Waals surface area contributed by atoms with Crippen molar-refractivity contribution in [3.63, 3.8) is 0 Å². The van der Waals surface area contributed by atoms with Crippen LogP contribution < -0.4 is 10.1 Å². The highest BCUT2D eigenvalue weighted by Crippen LogP contribution is 2.26. The fourth-order valence-corrected chi connectivity index (χ4v) is 3.26. The van der Waals surface area contributed by atoms with Crippen LogP contribution in [0, 0.1) is 0 Å². The summed E-state index contributed by atoms with van der Waals surface area (Å²) in [6, 6.07) is 5.94. The highest BCUT2D eigenvalue weighted by atomic mass is 16.5. The number of carbonyl (C=O) groups is 1. The highest BCUT2D eigenvalue weighted by Gasteiger charge is 2.15. The van der Waals surface area contributed by atoms with Crippen LogP contribution in [0.2, 0.25) is 0 Å². The number of benzene rings is 1. The van der Waals surface area contributed by atoms with Crippen molar-refractivity contribution in [2.45, 2.75) is 31.8 Å². The summed E-state index contributed by atoms with van der Waals surface area (Å²) in [5, 5.41) is 12.8. The van der Waals surface area contributed by atoms with Crippen LogP contribution in [0.4, 0.5) is 0 Å². The van der Waals surface area contributed by atoms with Gasteiger partial charge in [0.25, 0.3) is 0 Å². The molecule has 1 amide bonds. The van der Waals surface area contributed by atoms with Gasteiger partial charge in [-0.05, 0) is 55.3 Å². The standard InChI is InChI=1S/C19H26N2O3/c22-17(14-21-9-2-1-3-10-21)13-20-19(23)7-5-15-4-6-18-16(12-15)8-11-24-18/h4-7,12,17,22H,1-3,8-11,13-14H2,(H,20,23)/b7-5+/t17-/m1/s1. The van der Waals surface area contributed by atoms with Gasteiger partial charge in [0, 0.05) is 25.6 Å². The number of piperidine rings is 1. The van der Waals surface area contributed by atoms with E-state index in [0.29, 0.717) is 6.54 Å². The number of nitrogens with zero attached hydrogens (tertiary/aromatic N) is 1. The Morgan fingerprint density at radius 3 is 3.00 bits per heavy atom. The van der Waals surface area contributed by atoms with Crippen molar-refractivity contribution in [1.82, 2.24) is 10.2 Å². The number of amides is 1. The first-order chi connectivity index (χ1) is 11.7. The van der Waals surface area contributed by atoms with Crippen LogP contribution in [0.15, 0.2) is 24.3 Å². The Bertz CT molecular complexity index is 594. The second kappa shape index (κ2) is 8.31. The van der Waals surface area contributed by atoms with Gasteiger partial charge in [0.15, 0.2) is 0 Å². The summed E-state index contributed by atoms with van der Waals surface area (Å²) in [5.41, 5.74) is 2.18. The summed E-state index contributed by atoms with van der Waals surface area (Å²) in [7, 11) is 0. The first kappa shape index (κ1) is 17.0. The van der Waals surface area contributed by atoms with Gasteiger partial charge in [-0.25, -0.2) is 0 Å². The predicted molar refractivity (Wildman–Crippen MR) is 94.0 cm³/mol. The average molecular weight is 330 g/mol. The van der Waals surface area contributed by atoms with Crippen LogP contribution in [-0.2, 0) is 11.2 Å². The number of ether oxygens (including phenoxy) is 1. The molecule has 24 heavy (non-hydrogen) atoms. The van der Waals surface area contributed by atoms with Gasteiger partial charge in [-0.2, -0.15) is 0 Å². The van der Waals surface area contributed by atoms with Gasteiger partial charge < -0.3 is 20.1 Å². The number of fused-ring (bicyclic) bond motifs is 1. The van der Waals surface area contributed by atoms with Gasteiger partial charge in [0.2, 0.25) is 5.91 Å². The zero-order valence-corrected chi connectivity index (χ0v) is 14.0. The molecule has 1 fully saturated rings. The van der Waals surface area contributed by atoms with E-state index < -0.39 is 6.10 Å². The second-order valence-corrected chi connectivity index (χ2v) is 6.56. The van der Waals surface area contributed by atoms with Gasteiger partial charge in [0.05, 0.1) is 12.7 Å². The fraction of sp³-hybridized carbons (Fsp3) is 0.526. The van der Waals surface area contributed by atoms with Gasteiger partial charge in [-0.1, -0.05) is 12.5 Å². The second-order valence-electron chi connectivity index (χ2n) is 6.56. The summed E-state index contributed by atoms with van der Waals surface area (Å²) in [5.74, 6) is 0.766. The third-order valence-electron chi connectivity index (χ3n) is 4.57. The van der Waals surface area contributed by atoms with E-state index in [1.807, 2.05) is 12.1 Å². The van der Waals surface area contributed by atoms with E-state index in [1.54, 1.807) is 6.08 Å². The Morgan fingerprint density at radius 1 is 1.33 bits per heavy atom. The monoisotopic (exact) mass is 330 g/mol. The van der Waals surface area contributed by atoms with Crippen molar-refractivity contribution in [3.05, 3.63) is 35.4 Å². The Morgan fingerprint density at radius 2 is 2.17 bits per heavy atom. The maximum atomic E-state index is 11.9. The fourth-order valence-electron chi connectivity index (χ4n) is 3.26. The summed E-state index contributed by atoms with van der Waals surface area (Å²) in [4.78, 5) is 14.2. The molecule has 3 rings (SSSR count). The highest BCUT2D eigenvalue weighted by molar-refractivity contribution is 5.91. The van der Waals surface area contributed by atoms with E-state index in [9.17, 15) is 9.90 Å². The summed E-state index contributed by atoms with van der Waals surface area (Å²) >= 11 is 0. The van der Waals surface area contributed by atoms with Crippen LogP contribution in [-0.4, -0.2) is 54.8 Å². The Kier molecular flexibility index (Phi) is 5.88. The number of aliphatic hydroxyl groups is 1. The minimum atomic E-state index is -0.516. The largest absolute Gasteiger partial charge is 0.493 e. The van der Waals surface area contributed by atoms with Gasteiger partial charge in [0.1, 0.15) is 5.75 Å². The molecule has 1 aromatic carbocycles. The number of aliphatic hydroxyl groups excluding tert-OH is 1. The molecule has 5 heteroatoms. The molecule has 5 nitrogen and oxygen atoms in total. The predicted octanol–water partition coefficient (Wildman–Crippen LogP) is 1.60. The zero-order valence-electron chi connectivity index (χ0n) is 14.0. The number of likely N-dealkylation sites (tertiary alicyclic amines) is 1.